The number of ether oxygens (including phenoxy) is 1. The Hall–Kier alpha value is -2.55. The number of benzene rings is 1. The zero-order chi connectivity index (χ0) is 25.8. The van der Waals surface area contributed by atoms with Crippen molar-refractivity contribution in [1.82, 2.24) is 14.9 Å². The number of hydrogen-bond acceptors (Lipinski definition) is 5. The molecule has 0 radical (unpaired) electrons. The first-order valence-corrected chi connectivity index (χ1v) is 12.3. The number of rotatable bonds is 7. The molecule has 1 saturated heterocycles. The van der Waals surface area contributed by atoms with Crippen LogP contribution in [0.15, 0.2) is 36.7 Å². The monoisotopic (exact) mass is 512 g/mol. The minimum absolute atomic E-state index is 0.0212. The van der Waals surface area contributed by atoms with E-state index in [2.05, 4.69) is 9.97 Å². The number of amides is 1. The molecule has 1 fully saturated rings. The zero-order valence-corrected chi connectivity index (χ0v) is 21.2. The SMILES string of the molecule is CC[C@@H]1CC(N(Cc2cc(Cl)cc(C(F)(F)F)c2)c2ncccn2)C[C@H](CC)N1C(=O)OC(C)C. The lowest BCUT2D eigenvalue weighted by Gasteiger charge is -2.47. The summed E-state index contributed by atoms with van der Waals surface area (Å²) in [6, 6.07) is 5.01. The van der Waals surface area contributed by atoms with Gasteiger partial charge >= 0.3 is 12.3 Å². The van der Waals surface area contributed by atoms with Crippen molar-refractivity contribution in [2.45, 2.75) is 90.3 Å². The molecule has 6 nitrogen and oxygen atoms in total. The number of piperidine rings is 1. The van der Waals surface area contributed by atoms with Crippen LogP contribution in [-0.4, -0.2) is 45.2 Å². The summed E-state index contributed by atoms with van der Waals surface area (Å²) >= 11 is 6.05. The molecule has 0 bridgehead atoms. The summed E-state index contributed by atoms with van der Waals surface area (Å²) in [6.45, 7) is 7.83. The van der Waals surface area contributed by atoms with Crippen LogP contribution in [0.2, 0.25) is 5.02 Å². The van der Waals surface area contributed by atoms with Gasteiger partial charge in [0.05, 0.1) is 11.7 Å². The van der Waals surface area contributed by atoms with Gasteiger partial charge in [0.25, 0.3) is 0 Å². The van der Waals surface area contributed by atoms with E-state index in [1.54, 1.807) is 18.5 Å². The maximum absolute atomic E-state index is 13.4. The van der Waals surface area contributed by atoms with Crippen molar-refractivity contribution in [3.05, 3.63) is 52.8 Å². The van der Waals surface area contributed by atoms with Gasteiger partial charge < -0.3 is 14.5 Å². The Morgan fingerprint density at radius 2 is 1.74 bits per heavy atom. The van der Waals surface area contributed by atoms with E-state index in [9.17, 15) is 18.0 Å². The van der Waals surface area contributed by atoms with Crippen molar-refractivity contribution < 1.29 is 22.7 Å². The molecule has 0 saturated carbocycles. The van der Waals surface area contributed by atoms with Crippen LogP contribution < -0.4 is 4.90 Å². The fraction of sp³-hybridized carbons (Fsp3) is 0.560. The highest BCUT2D eigenvalue weighted by molar-refractivity contribution is 6.30. The standard InChI is InChI=1S/C25H32ClF3N4O2/c1-5-20-13-22(14-21(6-2)33(20)24(34)35-16(3)4)32(23-30-8-7-9-31-23)15-17-10-18(25(27,28)29)12-19(26)11-17/h7-12,16,20-22H,5-6,13-15H2,1-4H3/t20-,21+,22?. The Morgan fingerprint density at radius 3 is 2.26 bits per heavy atom. The van der Waals surface area contributed by atoms with Gasteiger partial charge in [0, 0.05) is 42.1 Å². The van der Waals surface area contributed by atoms with E-state index < -0.39 is 11.7 Å². The summed E-state index contributed by atoms with van der Waals surface area (Å²) in [4.78, 5) is 25.5. The van der Waals surface area contributed by atoms with Crippen LogP contribution in [0, 0.1) is 0 Å². The van der Waals surface area contributed by atoms with E-state index in [4.69, 9.17) is 16.3 Å². The van der Waals surface area contributed by atoms with E-state index in [1.165, 1.54) is 6.07 Å². The largest absolute Gasteiger partial charge is 0.447 e. The van der Waals surface area contributed by atoms with Crippen LogP contribution in [0.3, 0.4) is 0 Å². The zero-order valence-electron chi connectivity index (χ0n) is 20.4. The van der Waals surface area contributed by atoms with Crippen LogP contribution in [0.5, 0.6) is 0 Å². The number of likely N-dealkylation sites (tertiary alicyclic amines) is 1. The summed E-state index contributed by atoms with van der Waals surface area (Å²) < 4.78 is 45.8. The predicted molar refractivity (Wildman–Crippen MR) is 129 cm³/mol. The fourth-order valence-electron chi connectivity index (χ4n) is 4.70. The quantitative estimate of drug-likeness (QED) is 0.412. The van der Waals surface area contributed by atoms with Crippen molar-refractivity contribution in [3.63, 3.8) is 0 Å². The van der Waals surface area contributed by atoms with E-state index in [1.807, 2.05) is 37.5 Å². The summed E-state index contributed by atoms with van der Waals surface area (Å²) in [7, 11) is 0. The van der Waals surface area contributed by atoms with Gasteiger partial charge in [-0.25, -0.2) is 14.8 Å². The van der Waals surface area contributed by atoms with Crippen molar-refractivity contribution in [2.24, 2.45) is 0 Å². The molecule has 35 heavy (non-hydrogen) atoms. The van der Waals surface area contributed by atoms with Crippen molar-refractivity contribution in [3.8, 4) is 0 Å². The number of halogens is 4. The molecule has 10 heteroatoms. The molecular formula is C25H32ClF3N4O2. The highest BCUT2D eigenvalue weighted by Crippen LogP contribution is 2.35. The number of hydrogen-bond donors (Lipinski definition) is 0. The predicted octanol–water partition coefficient (Wildman–Crippen LogP) is 6.72. The number of carbonyl (C=O) groups is 1. The Morgan fingerprint density at radius 1 is 1.14 bits per heavy atom. The highest BCUT2D eigenvalue weighted by Gasteiger charge is 2.41. The van der Waals surface area contributed by atoms with Crippen LogP contribution in [0.4, 0.5) is 23.9 Å². The molecule has 1 aliphatic heterocycles. The van der Waals surface area contributed by atoms with E-state index >= 15 is 0 Å². The van der Waals surface area contributed by atoms with Crippen LogP contribution in [0.25, 0.3) is 0 Å². The number of nitrogens with zero attached hydrogens (tertiary/aromatic N) is 4. The van der Waals surface area contributed by atoms with Gasteiger partial charge in [-0.15, -0.1) is 0 Å². The second kappa shape index (κ2) is 11.5. The summed E-state index contributed by atoms with van der Waals surface area (Å²) in [5.41, 5.74) is -0.377. The number of anilines is 1. The Kier molecular flexibility index (Phi) is 8.85. The van der Waals surface area contributed by atoms with Crippen molar-refractivity contribution in [1.29, 1.82) is 0 Å². The first-order chi connectivity index (χ1) is 16.5. The van der Waals surface area contributed by atoms with Crippen LogP contribution in [-0.2, 0) is 17.5 Å². The number of aromatic nitrogens is 2. The minimum atomic E-state index is -4.50. The molecule has 192 valence electrons. The molecule has 1 aromatic heterocycles. The summed E-state index contributed by atoms with van der Waals surface area (Å²) in [6.07, 6.45) is 0.834. The first-order valence-electron chi connectivity index (χ1n) is 11.9. The molecule has 0 spiro atoms. The third-order valence-electron chi connectivity index (χ3n) is 6.25. The molecule has 1 aliphatic rings. The lowest BCUT2D eigenvalue weighted by Crippen LogP contribution is -2.57. The van der Waals surface area contributed by atoms with Gasteiger partial charge in [0.15, 0.2) is 0 Å². The average Bonchev–Trinajstić information content (AvgIpc) is 2.80. The topological polar surface area (TPSA) is 58.6 Å². The van der Waals surface area contributed by atoms with Gasteiger partial charge in [-0.2, -0.15) is 13.2 Å². The molecule has 1 amide bonds. The van der Waals surface area contributed by atoms with Gasteiger partial charge in [-0.05, 0) is 69.4 Å². The van der Waals surface area contributed by atoms with Crippen LogP contribution in [0.1, 0.15) is 64.5 Å². The van der Waals surface area contributed by atoms with Gasteiger partial charge in [0.2, 0.25) is 5.95 Å². The molecular weight excluding hydrogens is 481 g/mol. The van der Waals surface area contributed by atoms with Crippen molar-refractivity contribution in [2.75, 3.05) is 4.90 Å². The number of alkyl halides is 3. The Bertz CT molecular complexity index is 976. The second-order valence-electron chi connectivity index (χ2n) is 9.11. The lowest BCUT2D eigenvalue weighted by molar-refractivity contribution is -0.137. The van der Waals surface area contributed by atoms with Gasteiger partial charge in [-0.3, -0.25) is 0 Å². The summed E-state index contributed by atoms with van der Waals surface area (Å²) in [5, 5.41) is 0.0212. The molecule has 0 N–H and O–H groups in total. The maximum Gasteiger partial charge on any atom is 0.416 e. The average molecular weight is 513 g/mol. The second-order valence-corrected chi connectivity index (χ2v) is 9.55. The van der Waals surface area contributed by atoms with Gasteiger partial charge in [-0.1, -0.05) is 25.4 Å². The van der Waals surface area contributed by atoms with E-state index in [0.717, 1.165) is 25.0 Å². The first kappa shape index (κ1) is 27.0. The third-order valence-corrected chi connectivity index (χ3v) is 6.47. The molecule has 3 rings (SSSR count). The number of carbonyl (C=O) groups excluding carboxylic acids is 1. The fourth-order valence-corrected chi connectivity index (χ4v) is 4.95. The highest BCUT2D eigenvalue weighted by atomic mass is 35.5. The Labute approximate surface area is 209 Å². The van der Waals surface area contributed by atoms with Crippen LogP contribution >= 0.6 is 11.6 Å². The maximum atomic E-state index is 13.4. The minimum Gasteiger partial charge on any atom is -0.447 e. The lowest BCUT2D eigenvalue weighted by atomic mass is 9.87. The molecule has 1 aromatic carbocycles. The normalized spacial score (nSPS) is 20.7. The smallest absolute Gasteiger partial charge is 0.416 e. The van der Waals surface area contributed by atoms with E-state index in [0.29, 0.717) is 24.4 Å². The third kappa shape index (κ3) is 6.78. The molecule has 2 heterocycles. The molecule has 2 aromatic rings. The van der Waals surface area contributed by atoms with Gasteiger partial charge in [0.1, 0.15) is 0 Å². The molecule has 0 aliphatic carbocycles. The Balaban J connectivity index is 1.95. The molecule has 3 atom stereocenters. The van der Waals surface area contributed by atoms with E-state index in [-0.39, 0.29) is 41.9 Å². The molecule has 1 unspecified atom stereocenters. The summed E-state index contributed by atoms with van der Waals surface area (Å²) in [5.74, 6) is 0.425. The van der Waals surface area contributed by atoms with Crippen molar-refractivity contribution >= 4 is 23.6 Å².